The van der Waals surface area contributed by atoms with Gasteiger partial charge in [-0.25, -0.2) is 13.8 Å². The van der Waals surface area contributed by atoms with Gasteiger partial charge in [-0.15, -0.1) is 11.3 Å². The van der Waals surface area contributed by atoms with Crippen LogP contribution >= 0.6 is 11.3 Å². The van der Waals surface area contributed by atoms with Crippen LogP contribution < -0.4 is 10.5 Å². The lowest BCUT2D eigenvalue weighted by molar-refractivity contribution is 0.0991. The Balaban J connectivity index is 2.21. The number of nitrogens with zero attached hydrogens (tertiary/aromatic N) is 1. The van der Waals surface area contributed by atoms with Crippen molar-refractivity contribution in [1.82, 2.24) is 4.98 Å². The first-order valence-corrected chi connectivity index (χ1v) is 6.18. The molecule has 19 heavy (non-hydrogen) atoms. The third kappa shape index (κ3) is 2.87. The number of hydrogen-bond donors (Lipinski definition) is 1. The first kappa shape index (κ1) is 13.4. The number of thiazole rings is 1. The van der Waals surface area contributed by atoms with E-state index < -0.39 is 23.1 Å². The average Bonchev–Trinajstić information content (AvgIpc) is 2.74. The molecule has 0 saturated carbocycles. The SMILES string of the molecule is Cc1nc(COc2ccc(F)c(C(N)=O)c2F)cs1. The van der Waals surface area contributed by atoms with E-state index in [-0.39, 0.29) is 12.4 Å². The van der Waals surface area contributed by atoms with Crippen molar-refractivity contribution in [2.24, 2.45) is 5.73 Å². The number of halogens is 2. The maximum Gasteiger partial charge on any atom is 0.254 e. The predicted molar refractivity (Wildman–Crippen MR) is 66.1 cm³/mol. The number of carbonyl (C=O) groups excluding carboxylic acids is 1. The molecule has 2 aromatic rings. The van der Waals surface area contributed by atoms with E-state index in [4.69, 9.17) is 10.5 Å². The van der Waals surface area contributed by atoms with E-state index >= 15 is 0 Å². The van der Waals surface area contributed by atoms with Gasteiger partial charge in [0.25, 0.3) is 5.91 Å². The van der Waals surface area contributed by atoms with E-state index in [0.717, 1.165) is 17.1 Å². The van der Waals surface area contributed by atoms with Crippen molar-refractivity contribution in [2.75, 3.05) is 0 Å². The monoisotopic (exact) mass is 284 g/mol. The molecule has 100 valence electrons. The lowest BCUT2D eigenvalue weighted by atomic mass is 10.1. The molecule has 0 radical (unpaired) electrons. The van der Waals surface area contributed by atoms with Gasteiger partial charge in [-0.1, -0.05) is 0 Å². The van der Waals surface area contributed by atoms with Crippen LogP contribution in [0, 0.1) is 18.6 Å². The molecular formula is C12H10F2N2O2S. The second-order valence-corrected chi connectivity index (χ2v) is 4.81. The molecule has 0 unspecified atom stereocenters. The fourth-order valence-corrected chi connectivity index (χ4v) is 2.09. The van der Waals surface area contributed by atoms with Crippen molar-refractivity contribution in [2.45, 2.75) is 13.5 Å². The van der Waals surface area contributed by atoms with Crippen LogP contribution in [0.15, 0.2) is 17.5 Å². The first-order chi connectivity index (χ1) is 8.99. The summed E-state index contributed by atoms with van der Waals surface area (Å²) in [5, 5.41) is 2.63. The third-order valence-electron chi connectivity index (χ3n) is 2.34. The summed E-state index contributed by atoms with van der Waals surface area (Å²) in [6.07, 6.45) is 0. The van der Waals surface area contributed by atoms with E-state index in [1.807, 2.05) is 6.92 Å². The second-order valence-electron chi connectivity index (χ2n) is 3.75. The summed E-state index contributed by atoms with van der Waals surface area (Å²) in [6.45, 7) is 1.86. The number of hydrogen-bond acceptors (Lipinski definition) is 4. The minimum atomic E-state index is -1.18. The Morgan fingerprint density at radius 3 is 2.79 bits per heavy atom. The molecule has 0 fully saturated rings. The number of amides is 1. The summed E-state index contributed by atoms with van der Waals surface area (Å²) in [7, 11) is 0. The Morgan fingerprint density at radius 1 is 1.47 bits per heavy atom. The molecule has 0 spiro atoms. The van der Waals surface area contributed by atoms with Crippen LogP contribution in [0.25, 0.3) is 0 Å². The highest BCUT2D eigenvalue weighted by molar-refractivity contribution is 7.09. The van der Waals surface area contributed by atoms with Crippen molar-refractivity contribution < 1.29 is 18.3 Å². The molecule has 2 rings (SSSR count). The van der Waals surface area contributed by atoms with Gasteiger partial charge >= 0.3 is 0 Å². The predicted octanol–water partition coefficient (Wildman–Crippen LogP) is 2.41. The van der Waals surface area contributed by atoms with Crippen molar-refractivity contribution >= 4 is 17.2 Å². The zero-order valence-electron chi connectivity index (χ0n) is 9.94. The highest BCUT2D eigenvalue weighted by Crippen LogP contribution is 2.24. The molecule has 2 N–H and O–H groups in total. The van der Waals surface area contributed by atoms with Gasteiger partial charge in [-0.3, -0.25) is 4.79 Å². The molecule has 0 aliphatic carbocycles. The van der Waals surface area contributed by atoms with Gasteiger partial charge in [-0.2, -0.15) is 0 Å². The van der Waals surface area contributed by atoms with E-state index in [1.54, 1.807) is 5.38 Å². The molecule has 0 bridgehead atoms. The molecule has 0 saturated heterocycles. The molecular weight excluding hydrogens is 274 g/mol. The van der Waals surface area contributed by atoms with Crippen molar-refractivity contribution in [3.63, 3.8) is 0 Å². The Kier molecular flexibility index (Phi) is 3.75. The Labute approximate surface area is 111 Å². The van der Waals surface area contributed by atoms with Gasteiger partial charge in [0.2, 0.25) is 0 Å². The summed E-state index contributed by atoms with van der Waals surface area (Å²) < 4.78 is 32.2. The highest BCUT2D eigenvalue weighted by atomic mass is 32.1. The number of benzene rings is 1. The number of rotatable bonds is 4. The Morgan fingerprint density at radius 2 is 2.21 bits per heavy atom. The first-order valence-electron chi connectivity index (χ1n) is 5.30. The van der Waals surface area contributed by atoms with Crippen molar-refractivity contribution in [3.8, 4) is 5.75 Å². The average molecular weight is 284 g/mol. The van der Waals surface area contributed by atoms with Crippen LogP contribution in [0.5, 0.6) is 5.75 Å². The number of nitrogens with two attached hydrogens (primary N) is 1. The van der Waals surface area contributed by atoms with E-state index in [1.165, 1.54) is 11.3 Å². The van der Waals surface area contributed by atoms with Gasteiger partial charge in [0.15, 0.2) is 11.6 Å². The number of ether oxygens (including phenoxy) is 1. The quantitative estimate of drug-likeness (QED) is 0.937. The van der Waals surface area contributed by atoms with Gasteiger partial charge in [-0.05, 0) is 19.1 Å². The van der Waals surface area contributed by atoms with Gasteiger partial charge in [0.1, 0.15) is 18.0 Å². The summed E-state index contributed by atoms with van der Waals surface area (Å²) in [6, 6.07) is 2.04. The fourth-order valence-electron chi connectivity index (χ4n) is 1.50. The van der Waals surface area contributed by atoms with E-state index in [9.17, 15) is 13.6 Å². The molecule has 0 atom stereocenters. The minimum absolute atomic E-state index is 0.0328. The third-order valence-corrected chi connectivity index (χ3v) is 3.17. The maximum absolute atomic E-state index is 13.8. The summed E-state index contributed by atoms with van der Waals surface area (Å²) in [4.78, 5) is 15.1. The molecule has 0 aliphatic rings. The van der Waals surface area contributed by atoms with Gasteiger partial charge < -0.3 is 10.5 Å². The van der Waals surface area contributed by atoms with E-state index in [0.29, 0.717) is 5.69 Å². The molecule has 4 nitrogen and oxygen atoms in total. The highest BCUT2D eigenvalue weighted by Gasteiger charge is 2.19. The Hall–Kier alpha value is -2.02. The molecule has 7 heteroatoms. The number of carbonyl (C=O) groups is 1. The standard InChI is InChI=1S/C12H10F2N2O2S/c1-6-16-7(5-19-6)4-18-9-3-2-8(13)10(11(9)14)12(15)17/h2-3,5H,4H2,1H3,(H2,15,17). The van der Waals surface area contributed by atoms with Crippen LogP contribution in [0.1, 0.15) is 21.1 Å². The molecule has 1 aromatic carbocycles. The van der Waals surface area contributed by atoms with Crippen LogP contribution in [0.3, 0.4) is 0 Å². The zero-order chi connectivity index (χ0) is 14.0. The summed E-state index contributed by atoms with van der Waals surface area (Å²) in [5.74, 6) is -3.52. The fraction of sp³-hybridized carbons (Fsp3) is 0.167. The summed E-state index contributed by atoms with van der Waals surface area (Å²) >= 11 is 1.44. The topological polar surface area (TPSA) is 65.2 Å². The van der Waals surface area contributed by atoms with Crippen LogP contribution in [0.4, 0.5) is 8.78 Å². The van der Waals surface area contributed by atoms with Gasteiger partial charge in [0, 0.05) is 5.38 Å². The minimum Gasteiger partial charge on any atom is -0.484 e. The number of primary amides is 1. The normalized spacial score (nSPS) is 10.5. The number of aromatic nitrogens is 1. The lowest BCUT2D eigenvalue weighted by Crippen LogP contribution is -2.16. The van der Waals surface area contributed by atoms with E-state index in [2.05, 4.69) is 4.98 Å². The van der Waals surface area contributed by atoms with Crippen LogP contribution in [0.2, 0.25) is 0 Å². The van der Waals surface area contributed by atoms with Crippen molar-refractivity contribution in [3.05, 3.63) is 45.4 Å². The largest absolute Gasteiger partial charge is 0.484 e. The molecule has 1 heterocycles. The molecule has 1 aromatic heterocycles. The van der Waals surface area contributed by atoms with Crippen LogP contribution in [-0.4, -0.2) is 10.9 Å². The van der Waals surface area contributed by atoms with Gasteiger partial charge in [0.05, 0.1) is 10.7 Å². The molecule has 1 amide bonds. The number of aryl methyl sites for hydroxylation is 1. The smallest absolute Gasteiger partial charge is 0.254 e. The molecule has 0 aliphatic heterocycles. The Bertz CT molecular complexity index is 628. The zero-order valence-corrected chi connectivity index (χ0v) is 10.8. The summed E-state index contributed by atoms with van der Waals surface area (Å²) in [5.41, 5.74) is 4.74. The maximum atomic E-state index is 13.8. The van der Waals surface area contributed by atoms with Crippen molar-refractivity contribution in [1.29, 1.82) is 0 Å². The second kappa shape index (κ2) is 5.31. The lowest BCUT2D eigenvalue weighted by Gasteiger charge is -2.08. The van der Waals surface area contributed by atoms with Crippen LogP contribution in [-0.2, 0) is 6.61 Å².